The number of anilines is 1. The van der Waals surface area contributed by atoms with E-state index < -0.39 is 11.9 Å². The minimum Gasteiger partial charge on any atom is -0.478 e. The van der Waals surface area contributed by atoms with Crippen LogP contribution in [0.15, 0.2) is 57.7 Å². The van der Waals surface area contributed by atoms with Crippen LogP contribution in [-0.2, 0) is 0 Å². The van der Waals surface area contributed by atoms with Gasteiger partial charge in [-0.05, 0) is 54.6 Å². The lowest BCUT2D eigenvalue weighted by Gasteiger charge is -2.08. The van der Waals surface area contributed by atoms with Crippen molar-refractivity contribution in [3.05, 3.63) is 64.0 Å². The second-order valence-electron chi connectivity index (χ2n) is 5.58. The molecule has 0 aliphatic heterocycles. The molecule has 3 rings (SSSR count). The summed E-state index contributed by atoms with van der Waals surface area (Å²) in [5, 5.41) is 20.1. The Kier molecular flexibility index (Phi) is 6.15. The Morgan fingerprint density at radius 1 is 1.21 bits per heavy atom. The predicted octanol–water partition coefficient (Wildman–Crippen LogP) is 5.32. The second-order valence-corrected chi connectivity index (χ2v) is 7.57. The number of thiophene rings is 1. The number of nitrogens with two attached hydrogens (primary N) is 1. The molecule has 0 spiro atoms. The number of amides is 1. The van der Waals surface area contributed by atoms with Crippen molar-refractivity contribution >= 4 is 64.9 Å². The van der Waals surface area contributed by atoms with Crippen LogP contribution >= 0.6 is 34.9 Å². The van der Waals surface area contributed by atoms with Gasteiger partial charge in [0.2, 0.25) is 0 Å². The first kappa shape index (κ1) is 20.1. The Balaban J connectivity index is 1.94. The Bertz CT molecular complexity index is 1060. The number of rotatable bonds is 6. The van der Waals surface area contributed by atoms with E-state index in [9.17, 15) is 14.7 Å². The molecule has 2 aromatic carbocycles. The van der Waals surface area contributed by atoms with Crippen LogP contribution in [-0.4, -0.2) is 23.7 Å². The van der Waals surface area contributed by atoms with Gasteiger partial charge in [0.1, 0.15) is 5.56 Å². The Morgan fingerprint density at radius 2 is 1.93 bits per heavy atom. The van der Waals surface area contributed by atoms with Gasteiger partial charge in [-0.2, -0.15) is 0 Å². The van der Waals surface area contributed by atoms with E-state index in [0.29, 0.717) is 31.6 Å². The third kappa shape index (κ3) is 4.10. The van der Waals surface area contributed by atoms with Crippen LogP contribution in [0.3, 0.4) is 0 Å². The fourth-order valence-electron chi connectivity index (χ4n) is 2.55. The summed E-state index contributed by atoms with van der Waals surface area (Å²) in [5.41, 5.74) is 1.85. The molecule has 1 heterocycles. The molecule has 0 saturated heterocycles. The number of halogens is 1. The van der Waals surface area contributed by atoms with Crippen LogP contribution in [0.2, 0.25) is 5.02 Å². The summed E-state index contributed by atoms with van der Waals surface area (Å²) in [5.74, 6) is -1.58. The maximum absolute atomic E-state index is 12.6. The lowest BCUT2D eigenvalue weighted by Crippen LogP contribution is -2.14. The summed E-state index contributed by atoms with van der Waals surface area (Å²) in [6.07, 6.45) is 0. The largest absolute Gasteiger partial charge is 0.478 e. The molecule has 142 valence electrons. The van der Waals surface area contributed by atoms with Crippen LogP contribution in [0.1, 0.15) is 20.7 Å². The van der Waals surface area contributed by atoms with Crippen molar-refractivity contribution < 1.29 is 14.7 Å². The average molecular weight is 432 g/mol. The molecule has 0 atom stereocenters. The number of nitrogens with zero attached hydrogens (tertiary/aromatic N) is 1. The van der Waals surface area contributed by atoms with E-state index >= 15 is 0 Å². The molecule has 1 aromatic heterocycles. The van der Waals surface area contributed by atoms with Crippen molar-refractivity contribution in [2.24, 2.45) is 10.1 Å². The van der Waals surface area contributed by atoms with Crippen LogP contribution in [0.25, 0.3) is 10.4 Å². The normalized spacial score (nSPS) is 10.5. The summed E-state index contributed by atoms with van der Waals surface area (Å²) in [7, 11) is 0. The first-order valence-corrected chi connectivity index (χ1v) is 9.98. The highest BCUT2D eigenvalue weighted by atomic mass is 35.5. The molecule has 0 saturated carbocycles. The van der Waals surface area contributed by atoms with Gasteiger partial charge < -0.3 is 10.4 Å². The van der Waals surface area contributed by atoms with Gasteiger partial charge in [0.05, 0.1) is 16.3 Å². The zero-order chi connectivity index (χ0) is 20.3. The maximum Gasteiger partial charge on any atom is 0.339 e. The molecule has 6 nitrogen and oxygen atoms in total. The van der Waals surface area contributed by atoms with Gasteiger partial charge in [-0.1, -0.05) is 23.7 Å². The highest BCUT2D eigenvalue weighted by Crippen LogP contribution is 2.37. The minimum absolute atomic E-state index is 0.0264. The van der Waals surface area contributed by atoms with Crippen molar-refractivity contribution in [1.29, 1.82) is 0 Å². The van der Waals surface area contributed by atoms with Crippen LogP contribution in [0.5, 0.6) is 0 Å². The molecular formula is C19H14ClN3O3S2. The summed E-state index contributed by atoms with van der Waals surface area (Å²) >= 11 is 8.08. The number of aliphatic imine (C=N–C) groups is 1. The quantitative estimate of drug-likeness (QED) is 0.362. The molecule has 0 unspecified atom stereocenters. The van der Waals surface area contributed by atoms with E-state index in [1.807, 2.05) is 0 Å². The van der Waals surface area contributed by atoms with Gasteiger partial charge in [0, 0.05) is 20.9 Å². The molecule has 4 N–H and O–H groups in total. The third-order valence-corrected chi connectivity index (χ3v) is 5.74. The first-order chi connectivity index (χ1) is 13.4. The highest BCUT2D eigenvalue weighted by molar-refractivity contribution is 7.97. The minimum atomic E-state index is -1.13. The number of carbonyl (C=O) groups excluding carboxylic acids is 1. The van der Waals surface area contributed by atoms with Gasteiger partial charge in [-0.3, -0.25) is 14.9 Å². The van der Waals surface area contributed by atoms with Gasteiger partial charge in [0.25, 0.3) is 5.91 Å². The molecule has 0 bridgehead atoms. The van der Waals surface area contributed by atoms with Crippen molar-refractivity contribution in [1.82, 2.24) is 0 Å². The fourth-order valence-corrected chi connectivity index (χ4v) is 4.12. The fraction of sp³-hybridized carbons (Fsp3) is 0. The summed E-state index contributed by atoms with van der Waals surface area (Å²) < 4.78 is 0. The standard InChI is InChI=1S/C19H14ClN3O3S2/c1-22-13-7-4-11(8-15(13)28-21)18(24)23-14-9-27-17(16(14)19(25)26)10-2-5-12(20)6-3-10/h2-9H,1,21H2,(H,23,24)(H,25,26). The molecule has 0 aliphatic carbocycles. The number of hydrogen-bond acceptors (Lipinski definition) is 6. The molecule has 1 amide bonds. The van der Waals surface area contributed by atoms with E-state index in [-0.39, 0.29) is 11.3 Å². The number of nitrogens with one attached hydrogen (secondary N) is 1. The highest BCUT2D eigenvalue weighted by Gasteiger charge is 2.21. The summed E-state index contributed by atoms with van der Waals surface area (Å²) in [6.45, 7) is 3.46. The Hall–Kier alpha value is -2.65. The summed E-state index contributed by atoms with van der Waals surface area (Å²) in [6, 6.07) is 11.6. The monoisotopic (exact) mass is 431 g/mol. The zero-order valence-electron chi connectivity index (χ0n) is 14.3. The Morgan fingerprint density at radius 3 is 2.54 bits per heavy atom. The number of hydrogen-bond donors (Lipinski definition) is 3. The number of benzene rings is 2. The van der Waals surface area contributed by atoms with E-state index in [4.69, 9.17) is 16.7 Å². The average Bonchev–Trinajstić information content (AvgIpc) is 3.11. The van der Waals surface area contributed by atoms with E-state index in [1.165, 1.54) is 11.3 Å². The van der Waals surface area contributed by atoms with E-state index in [0.717, 1.165) is 11.9 Å². The summed E-state index contributed by atoms with van der Waals surface area (Å²) in [4.78, 5) is 29.4. The van der Waals surface area contributed by atoms with Crippen LogP contribution in [0.4, 0.5) is 11.4 Å². The topological polar surface area (TPSA) is 105 Å². The van der Waals surface area contributed by atoms with Crippen LogP contribution in [0, 0.1) is 0 Å². The van der Waals surface area contributed by atoms with Crippen molar-refractivity contribution in [2.75, 3.05) is 5.32 Å². The lowest BCUT2D eigenvalue weighted by atomic mass is 10.1. The van der Waals surface area contributed by atoms with Gasteiger partial charge in [-0.15, -0.1) is 11.3 Å². The molecule has 9 heteroatoms. The zero-order valence-corrected chi connectivity index (χ0v) is 16.7. The number of carboxylic acid groups (broad SMARTS) is 1. The Labute approximate surface area is 174 Å². The van der Waals surface area contributed by atoms with Gasteiger partial charge in [0.15, 0.2) is 0 Å². The van der Waals surface area contributed by atoms with E-state index in [2.05, 4.69) is 17.0 Å². The van der Waals surface area contributed by atoms with Gasteiger partial charge >= 0.3 is 5.97 Å². The van der Waals surface area contributed by atoms with Gasteiger partial charge in [-0.25, -0.2) is 4.79 Å². The molecule has 0 radical (unpaired) electrons. The maximum atomic E-state index is 12.6. The number of carboxylic acids is 1. The first-order valence-electron chi connectivity index (χ1n) is 7.84. The molecular weight excluding hydrogens is 418 g/mol. The third-order valence-electron chi connectivity index (χ3n) is 3.88. The van der Waals surface area contributed by atoms with Crippen LogP contribution < -0.4 is 10.5 Å². The lowest BCUT2D eigenvalue weighted by molar-refractivity contribution is 0.0699. The molecule has 28 heavy (non-hydrogen) atoms. The van der Waals surface area contributed by atoms with Crippen molar-refractivity contribution in [2.45, 2.75) is 4.90 Å². The molecule has 3 aromatic rings. The van der Waals surface area contributed by atoms with E-state index in [1.54, 1.807) is 47.8 Å². The number of carbonyl (C=O) groups is 2. The SMILES string of the molecule is C=Nc1ccc(C(=O)Nc2csc(-c3ccc(Cl)cc3)c2C(=O)O)cc1SN. The molecule has 0 fully saturated rings. The smallest absolute Gasteiger partial charge is 0.339 e. The second kappa shape index (κ2) is 8.57. The number of aromatic carboxylic acids is 1. The van der Waals surface area contributed by atoms with Crippen molar-refractivity contribution in [3.8, 4) is 10.4 Å². The predicted molar refractivity (Wildman–Crippen MR) is 115 cm³/mol. The van der Waals surface area contributed by atoms with Crippen molar-refractivity contribution in [3.63, 3.8) is 0 Å². The molecule has 0 aliphatic rings.